The molecule has 0 amide bonds. The molecular weight excluding hydrogens is 230 g/mol. The molecule has 0 radical (unpaired) electrons. The van der Waals surface area contributed by atoms with Gasteiger partial charge in [-0.15, -0.1) is 11.3 Å². The van der Waals surface area contributed by atoms with Crippen LogP contribution in [0, 0.1) is 0 Å². The van der Waals surface area contributed by atoms with Gasteiger partial charge in [0.2, 0.25) is 0 Å². The van der Waals surface area contributed by atoms with Gasteiger partial charge in [0.25, 0.3) is 0 Å². The van der Waals surface area contributed by atoms with E-state index in [-0.39, 0.29) is 6.04 Å². The van der Waals surface area contributed by atoms with Crippen LogP contribution in [0.3, 0.4) is 0 Å². The highest BCUT2D eigenvalue weighted by Crippen LogP contribution is 2.13. The summed E-state index contributed by atoms with van der Waals surface area (Å²) in [6.45, 7) is 0.677. The molecule has 3 heteroatoms. The lowest BCUT2D eigenvalue weighted by Gasteiger charge is -2.11. The van der Waals surface area contributed by atoms with Crippen molar-refractivity contribution in [3.63, 3.8) is 0 Å². The van der Waals surface area contributed by atoms with Crippen molar-refractivity contribution in [2.45, 2.75) is 18.9 Å². The minimum Gasteiger partial charge on any atom is -0.494 e. The first kappa shape index (κ1) is 12.1. The molecule has 2 N–H and O–H groups in total. The average Bonchev–Trinajstić information content (AvgIpc) is 2.83. The van der Waals surface area contributed by atoms with Crippen LogP contribution in [-0.4, -0.2) is 12.6 Å². The summed E-state index contributed by atoms with van der Waals surface area (Å²) in [5.41, 5.74) is 6.06. The Hall–Kier alpha value is -1.32. The van der Waals surface area contributed by atoms with Gasteiger partial charge >= 0.3 is 0 Å². The van der Waals surface area contributed by atoms with Crippen LogP contribution in [0.15, 0.2) is 47.8 Å². The Labute approximate surface area is 106 Å². The molecule has 2 aromatic rings. The van der Waals surface area contributed by atoms with Gasteiger partial charge in [0.05, 0.1) is 6.61 Å². The van der Waals surface area contributed by atoms with Crippen LogP contribution in [0.4, 0.5) is 0 Å². The molecular formula is C14H17NOS. The minimum atomic E-state index is 0.178. The topological polar surface area (TPSA) is 35.2 Å². The largest absolute Gasteiger partial charge is 0.494 e. The van der Waals surface area contributed by atoms with Gasteiger partial charge < -0.3 is 10.5 Å². The SMILES string of the molecule is NC(CCOc1ccccc1)Cc1cccs1. The molecule has 2 nitrogen and oxygen atoms in total. The first-order chi connectivity index (χ1) is 8.34. The smallest absolute Gasteiger partial charge is 0.119 e. The van der Waals surface area contributed by atoms with E-state index in [1.165, 1.54) is 4.88 Å². The van der Waals surface area contributed by atoms with Crippen molar-refractivity contribution in [1.29, 1.82) is 0 Å². The molecule has 0 spiro atoms. The van der Waals surface area contributed by atoms with Crippen LogP contribution in [0.25, 0.3) is 0 Å². The zero-order valence-corrected chi connectivity index (χ0v) is 10.5. The van der Waals surface area contributed by atoms with E-state index in [0.29, 0.717) is 6.61 Å². The van der Waals surface area contributed by atoms with Crippen molar-refractivity contribution in [3.8, 4) is 5.75 Å². The second-order valence-electron chi connectivity index (χ2n) is 3.99. The third-order valence-electron chi connectivity index (χ3n) is 2.54. The van der Waals surface area contributed by atoms with Gasteiger partial charge in [0, 0.05) is 10.9 Å². The van der Waals surface area contributed by atoms with Crippen molar-refractivity contribution in [3.05, 3.63) is 52.7 Å². The standard InChI is InChI=1S/C14H17NOS/c15-12(11-14-7-4-10-17-14)8-9-16-13-5-2-1-3-6-13/h1-7,10,12H,8-9,11,15H2. The van der Waals surface area contributed by atoms with E-state index in [1.54, 1.807) is 11.3 Å². The third kappa shape index (κ3) is 4.21. The van der Waals surface area contributed by atoms with Gasteiger partial charge in [-0.2, -0.15) is 0 Å². The number of para-hydroxylation sites is 1. The van der Waals surface area contributed by atoms with Crippen molar-refractivity contribution < 1.29 is 4.74 Å². The molecule has 0 fully saturated rings. The summed E-state index contributed by atoms with van der Waals surface area (Å²) in [7, 11) is 0. The molecule has 90 valence electrons. The van der Waals surface area contributed by atoms with E-state index >= 15 is 0 Å². The first-order valence-electron chi connectivity index (χ1n) is 5.80. The zero-order chi connectivity index (χ0) is 11.9. The highest BCUT2D eigenvalue weighted by atomic mass is 32.1. The third-order valence-corrected chi connectivity index (χ3v) is 3.44. The molecule has 0 aliphatic rings. The highest BCUT2D eigenvalue weighted by Gasteiger charge is 2.05. The van der Waals surface area contributed by atoms with Gasteiger partial charge in [-0.1, -0.05) is 24.3 Å². The van der Waals surface area contributed by atoms with Crippen LogP contribution in [0.2, 0.25) is 0 Å². The summed E-state index contributed by atoms with van der Waals surface area (Å²) in [6, 6.07) is 14.2. The summed E-state index contributed by atoms with van der Waals surface area (Å²) in [6.07, 6.45) is 1.82. The van der Waals surface area contributed by atoms with E-state index < -0.39 is 0 Å². The van der Waals surface area contributed by atoms with E-state index in [1.807, 2.05) is 30.3 Å². The molecule has 2 rings (SSSR count). The Morgan fingerprint density at radius 1 is 1.12 bits per heavy atom. The van der Waals surface area contributed by atoms with Crippen molar-refractivity contribution in [1.82, 2.24) is 0 Å². The fourth-order valence-electron chi connectivity index (χ4n) is 1.63. The number of hydrogen-bond acceptors (Lipinski definition) is 3. The Bertz CT molecular complexity index is 413. The van der Waals surface area contributed by atoms with E-state index in [2.05, 4.69) is 17.5 Å². The van der Waals surface area contributed by atoms with Crippen LogP contribution < -0.4 is 10.5 Å². The molecule has 0 aliphatic carbocycles. The summed E-state index contributed by atoms with van der Waals surface area (Å²) < 4.78 is 5.62. The quantitative estimate of drug-likeness (QED) is 0.851. The maximum Gasteiger partial charge on any atom is 0.119 e. The number of thiophene rings is 1. The normalized spacial score (nSPS) is 12.3. The van der Waals surface area contributed by atoms with Crippen LogP contribution >= 0.6 is 11.3 Å². The van der Waals surface area contributed by atoms with Crippen molar-refractivity contribution in [2.24, 2.45) is 5.73 Å². The summed E-state index contributed by atoms with van der Waals surface area (Å²) in [4.78, 5) is 1.34. The number of hydrogen-bond donors (Lipinski definition) is 1. The first-order valence-corrected chi connectivity index (χ1v) is 6.68. The van der Waals surface area contributed by atoms with Gasteiger partial charge in [-0.3, -0.25) is 0 Å². The number of ether oxygens (including phenoxy) is 1. The molecule has 1 heterocycles. The highest BCUT2D eigenvalue weighted by molar-refractivity contribution is 7.09. The van der Waals surface area contributed by atoms with E-state index in [4.69, 9.17) is 10.5 Å². The lowest BCUT2D eigenvalue weighted by atomic mass is 10.1. The van der Waals surface area contributed by atoms with Gasteiger partial charge in [0.1, 0.15) is 5.75 Å². The maximum atomic E-state index is 6.06. The predicted molar refractivity (Wildman–Crippen MR) is 72.6 cm³/mol. The van der Waals surface area contributed by atoms with Crippen molar-refractivity contribution >= 4 is 11.3 Å². The van der Waals surface area contributed by atoms with E-state index in [9.17, 15) is 0 Å². The lowest BCUT2D eigenvalue weighted by molar-refractivity contribution is 0.297. The number of benzene rings is 1. The Morgan fingerprint density at radius 2 is 1.94 bits per heavy atom. The Kier molecular flexibility index (Phi) is 4.59. The molecule has 0 aliphatic heterocycles. The average molecular weight is 247 g/mol. The van der Waals surface area contributed by atoms with Gasteiger partial charge in [-0.05, 0) is 36.4 Å². The van der Waals surface area contributed by atoms with Gasteiger partial charge in [-0.25, -0.2) is 0 Å². The molecule has 1 aromatic heterocycles. The van der Waals surface area contributed by atoms with E-state index in [0.717, 1.165) is 18.6 Å². The summed E-state index contributed by atoms with van der Waals surface area (Å²) >= 11 is 1.76. The van der Waals surface area contributed by atoms with Gasteiger partial charge in [0.15, 0.2) is 0 Å². The second kappa shape index (κ2) is 6.42. The molecule has 1 aromatic carbocycles. The fourth-order valence-corrected chi connectivity index (χ4v) is 2.43. The minimum absolute atomic E-state index is 0.178. The zero-order valence-electron chi connectivity index (χ0n) is 9.71. The van der Waals surface area contributed by atoms with Crippen LogP contribution in [-0.2, 0) is 6.42 Å². The monoisotopic (exact) mass is 247 g/mol. The molecule has 17 heavy (non-hydrogen) atoms. The molecule has 0 bridgehead atoms. The number of nitrogens with two attached hydrogens (primary N) is 1. The van der Waals surface area contributed by atoms with Crippen molar-refractivity contribution in [2.75, 3.05) is 6.61 Å². The Morgan fingerprint density at radius 3 is 2.65 bits per heavy atom. The Balaban J connectivity index is 1.68. The summed E-state index contributed by atoms with van der Waals surface area (Å²) in [5, 5.41) is 2.09. The molecule has 0 saturated heterocycles. The molecule has 1 unspecified atom stereocenters. The number of rotatable bonds is 6. The van der Waals surface area contributed by atoms with Crippen LogP contribution in [0.1, 0.15) is 11.3 Å². The van der Waals surface area contributed by atoms with Crippen LogP contribution in [0.5, 0.6) is 5.75 Å². The molecule has 1 atom stereocenters. The molecule has 0 saturated carbocycles. The summed E-state index contributed by atoms with van der Waals surface area (Å²) in [5.74, 6) is 0.913. The predicted octanol–water partition coefficient (Wildman–Crippen LogP) is 3.09. The fraction of sp³-hybridized carbons (Fsp3) is 0.286. The maximum absolute atomic E-state index is 6.06. The lowest BCUT2D eigenvalue weighted by Crippen LogP contribution is -2.24. The second-order valence-corrected chi connectivity index (χ2v) is 5.03.